The number of para-hydroxylation sites is 2. The summed E-state index contributed by atoms with van der Waals surface area (Å²) in [6.45, 7) is 2.40. The molecule has 1 aliphatic rings. The number of hydrogen-bond donors (Lipinski definition) is 2. The highest BCUT2D eigenvalue weighted by molar-refractivity contribution is 5.85. The molecule has 2 heterocycles. The summed E-state index contributed by atoms with van der Waals surface area (Å²) in [5, 5.41) is 6.52. The molecule has 1 aromatic carbocycles. The lowest BCUT2D eigenvalue weighted by Gasteiger charge is -2.36. The Morgan fingerprint density at radius 3 is 2.85 bits per heavy atom. The predicted octanol–water partition coefficient (Wildman–Crippen LogP) is 1.86. The third-order valence-electron chi connectivity index (χ3n) is 4.26. The largest absolute Gasteiger partial charge is 0.495 e. The van der Waals surface area contributed by atoms with Crippen LogP contribution in [0.25, 0.3) is 0 Å². The van der Waals surface area contributed by atoms with Crippen molar-refractivity contribution in [2.75, 3.05) is 38.6 Å². The SMILES string of the molecule is COc1ccccc1NCC(=O)N1CCNCC1c1nccn1C.Cl.Cl. The molecule has 2 N–H and O–H groups in total. The van der Waals surface area contributed by atoms with Crippen LogP contribution in [0.4, 0.5) is 5.69 Å². The Hall–Kier alpha value is -1.96. The first-order chi connectivity index (χ1) is 11.7. The van der Waals surface area contributed by atoms with Gasteiger partial charge in [-0.05, 0) is 12.1 Å². The quantitative estimate of drug-likeness (QED) is 0.799. The zero-order valence-electron chi connectivity index (χ0n) is 14.8. The van der Waals surface area contributed by atoms with Crippen molar-refractivity contribution < 1.29 is 9.53 Å². The molecule has 9 heteroatoms. The lowest BCUT2D eigenvalue weighted by Crippen LogP contribution is -2.50. The molecule has 144 valence electrons. The van der Waals surface area contributed by atoms with E-state index in [-0.39, 0.29) is 43.3 Å². The average Bonchev–Trinajstić information content (AvgIpc) is 3.05. The molecule has 7 nitrogen and oxygen atoms in total. The van der Waals surface area contributed by atoms with E-state index in [1.807, 2.05) is 47.0 Å². The minimum absolute atomic E-state index is 0. The van der Waals surface area contributed by atoms with Crippen LogP contribution in [-0.4, -0.2) is 53.6 Å². The first-order valence-corrected chi connectivity index (χ1v) is 8.05. The van der Waals surface area contributed by atoms with Crippen LogP contribution in [0, 0.1) is 0 Å². The van der Waals surface area contributed by atoms with E-state index in [9.17, 15) is 4.79 Å². The van der Waals surface area contributed by atoms with Gasteiger partial charge in [-0.2, -0.15) is 0 Å². The molecular weight excluding hydrogens is 377 g/mol. The van der Waals surface area contributed by atoms with E-state index in [1.165, 1.54) is 0 Å². The average molecular weight is 402 g/mol. The molecule has 2 aromatic rings. The van der Waals surface area contributed by atoms with Crippen molar-refractivity contribution in [3.8, 4) is 5.75 Å². The Kier molecular flexibility index (Phi) is 8.71. The van der Waals surface area contributed by atoms with Crippen LogP contribution in [0.3, 0.4) is 0 Å². The molecule has 26 heavy (non-hydrogen) atoms. The first-order valence-electron chi connectivity index (χ1n) is 8.05. The van der Waals surface area contributed by atoms with Gasteiger partial charge in [-0.1, -0.05) is 12.1 Å². The first kappa shape index (κ1) is 22.1. The number of nitrogens with one attached hydrogen (secondary N) is 2. The number of piperazine rings is 1. The summed E-state index contributed by atoms with van der Waals surface area (Å²) in [7, 11) is 3.57. The Balaban J connectivity index is 0.00000169. The summed E-state index contributed by atoms with van der Waals surface area (Å²) >= 11 is 0. The van der Waals surface area contributed by atoms with Crippen LogP contribution in [0.2, 0.25) is 0 Å². The number of aryl methyl sites for hydroxylation is 1. The molecule has 1 fully saturated rings. The molecule has 1 atom stereocenters. The van der Waals surface area contributed by atoms with Gasteiger partial charge in [-0.25, -0.2) is 4.98 Å². The number of nitrogens with zero attached hydrogens (tertiary/aromatic N) is 3. The van der Waals surface area contributed by atoms with E-state index in [1.54, 1.807) is 13.3 Å². The van der Waals surface area contributed by atoms with Crippen molar-refractivity contribution in [1.82, 2.24) is 19.8 Å². The van der Waals surface area contributed by atoms with Crippen LogP contribution in [0.15, 0.2) is 36.7 Å². The molecule has 0 aliphatic carbocycles. The number of methoxy groups -OCH3 is 1. The topological polar surface area (TPSA) is 71.4 Å². The number of carbonyl (C=O) groups is 1. The number of aromatic nitrogens is 2. The maximum absolute atomic E-state index is 12.7. The second-order valence-corrected chi connectivity index (χ2v) is 5.76. The van der Waals surface area contributed by atoms with Crippen LogP contribution in [-0.2, 0) is 11.8 Å². The number of benzene rings is 1. The second-order valence-electron chi connectivity index (χ2n) is 5.76. The second kappa shape index (κ2) is 10.3. The molecule has 1 unspecified atom stereocenters. The van der Waals surface area contributed by atoms with Crippen molar-refractivity contribution in [2.24, 2.45) is 7.05 Å². The van der Waals surface area contributed by atoms with Gasteiger partial charge in [0.25, 0.3) is 0 Å². The molecule has 3 rings (SSSR count). The molecule has 0 saturated carbocycles. The number of amides is 1. The number of ether oxygens (including phenoxy) is 1. The molecule has 0 spiro atoms. The maximum atomic E-state index is 12.7. The van der Waals surface area contributed by atoms with Crippen LogP contribution < -0.4 is 15.4 Å². The highest BCUT2D eigenvalue weighted by Crippen LogP contribution is 2.24. The fourth-order valence-electron chi connectivity index (χ4n) is 2.99. The van der Waals surface area contributed by atoms with Gasteiger partial charge in [-0.3, -0.25) is 4.79 Å². The van der Waals surface area contributed by atoms with Gasteiger partial charge in [0.1, 0.15) is 17.6 Å². The fourth-order valence-corrected chi connectivity index (χ4v) is 2.99. The van der Waals surface area contributed by atoms with Gasteiger partial charge < -0.3 is 24.8 Å². The number of halogens is 2. The molecule has 1 aromatic heterocycles. The smallest absolute Gasteiger partial charge is 0.242 e. The zero-order chi connectivity index (χ0) is 16.9. The maximum Gasteiger partial charge on any atom is 0.242 e. The summed E-state index contributed by atoms with van der Waals surface area (Å²) < 4.78 is 7.27. The summed E-state index contributed by atoms with van der Waals surface area (Å²) in [6, 6.07) is 7.54. The summed E-state index contributed by atoms with van der Waals surface area (Å²) in [6.07, 6.45) is 3.67. The highest BCUT2D eigenvalue weighted by atomic mass is 35.5. The van der Waals surface area contributed by atoms with E-state index in [0.29, 0.717) is 13.1 Å². The summed E-state index contributed by atoms with van der Waals surface area (Å²) in [4.78, 5) is 19.0. The van der Waals surface area contributed by atoms with E-state index in [0.717, 1.165) is 23.8 Å². The van der Waals surface area contributed by atoms with Gasteiger partial charge >= 0.3 is 0 Å². The van der Waals surface area contributed by atoms with Gasteiger partial charge in [0.2, 0.25) is 5.91 Å². The molecular formula is C17H25Cl2N5O2. The summed E-state index contributed by atoms with van der Waals surface area (Å²) in [5.41, 5.74) is 0.817. The number of hydrogen-bond acceptors (Lipinski definition) is 5. The van der Waals surface area contributed by atoms with E-state index < -0.39 is 0 Å². The number of rotatable bonds is 5. The Bertz CT molecular complexity index is 710. The molecule has 0 bridgehead atoms. The van der Waals surface area contributed by atoms with Crippen molar-refractivity contribution in [1.29, 1.82) is 0 Å². The van der Waals surface area contributed by atoms with Gasteiger partial charge in [-0.15, -0.1) is 24.8 Å². The van der Waals surface area contributed by atoms with Crippen molar-refractivity contribution >= 4 is 36.4 Å². The van der Waals surface area contributed by atoms with Crippen molar-refractivity contribution in [2.45, 2.75) is 6.04 Å². The highest BCUT2D eigenvalue weighted by Gasteiger charge is 2.30. The fraction of sp³-hybridized carbons (Fsp3) is 0.412. The van der Waals surface area contributed by atoms with Crippen LogP contribution in [0.1, 0.15) is 11.9 Å². The number of imidazole rings is 1. The Labute approximate surface area is 165 Å². The van der Waals surface area contributed by atoms with Gasteiger partial charge in [0.15, 0.2) is 0 Å². The molecule has 1 saturated heterocycles. The third-order valence-corrected chi connectivity index (χ3v) is 4.26. The number of anilines is 1. The van der Waals surface area contributed by atoms with Gasteiger partial charge in [0.05, 0.1) is 19.3 Å². The summed E-state index contributed by atoms with van der Waals surface area (Å²) in [5.74, 6) is 1.68. The Morgan fingerprint density at radius 1 is 1.38 bits per heavy atom. The van der Waals surface area contributed by atoms with Crippen molar-refractivity contribution in [3.05, 3.63) is 42.5 Å². The Morgan fingerprint density at radius 2 is 2.15 bits per heavy atom. The minimum Gasteiger partial charge on any atom is -0.495 e. The monoisotopic (exact) mass is 401 g/mol. The molecule has 1 amide bonds. The number of carbonyl (C=O) groups excluding carboxylic acids is 1. The predicted molar refractivity (Wildman–Crippen MR) is 107 cm³/mol. The molecule has 1 aliphatic heterocycles. The van der Waals surface area contributed by atoms with E-state index in [4.69, 9.17) is 4.74 Å². The molecule has 0 radical (unpaired) electrons. The normalized spacial score (nSPS) is 16.2. The zero-order valence-corrected chi connectivity index (χ0v) is 16.5. The lowest BCUT2D eigenvalue weighted by molar-refractivity contribution is -0.132. The minimum atomic E-state index is -0.0503. The van der Waals surface area contributed by atoms with E-state index >= 15 is 0 Å². The van der Waals surface area contributed by atoms with Crippen LogP contribution >= 0.6 is 24.8 Å². The third kappa shape index (κ3) is 4.81. The van der Waals surface area contributed by atoms with E-state index in [2.05, 4.69) is 15.6 Å². The standard InChI is InChI=1S/C17H23N5O2.2ClH/c1-21-9-8-19-17(21)14-11-18-7-10-22(14)16(23)12-20-13-5-3-4-6-15(13)24-2;;/h3-6,8-9,14,18,20H,7,10-12H2,1-2H3;2*1H. The van der Waals surface area contributed by atoms with Gasteiger partial charge in [0, 0.05) is 39.1 Å². The van der Waals surface area contributed by atoms with Crippen molar-refractivity contribution in [3.63, 3.8) is 0 Å². The lowest BCUT2D eigenvalue weighted by atomic mass is 10.1. The van der Waals surface area contributed by atoms with Crippen LogP contribution in [0.5, 0.6) is 5.75 Å².